The summed E-state index contributed by atoms with van der Waals surface area (Å²) in [5.41, 5.74) is 2.82. The van der Waals surface area contributed by atoms with Crippen LogP contribution in [0.2, 0.25) is 0 Å². The Kier molecular flexibility index (Phi) is 3.19. The standard InChI is InChI=1S/C7H9N3O4/c1-4-2-5(9-8-4)7(13)10-14-3-6(11)12/h2H,3H2,1H3,(H,8,9)(H,10,13)(H,11,12). The summed E-state index contributed by atoms with van der Waals surface area (Å²) in [6.07, 6.45) is 0. The van der Waals surface area contributed by atoms with Gasteiger partial charge in [-0.2, -0.15) is 5.10 Å². The first-order chi connectivity index (χ1) is 6.59. The van der Waals surface area contributed by atoms with Crippen LogP contribution >= 0.6 is 0 Å². The van der Waals surface area contributed by atoms with Crippen LogP contribution in [0.3, 0.4) is 0 Å². The molecule has 0 unspecified atom stereocenters. The van der Waals surface area contributed by atoms with E-state index in [1.807, 2.05) is 5.48 Å². The van der Waals surface area contributed by atoms with Gasteiger partial charge in [-0.15, -0.1) is 0 Å². The number of H-pyrrole nitrogens is 1. The lowest BCUT2D eigenvalue weighted by atomic mass is 10.4. The average molecular weight is 199 g/mol. The van der Waals surface area contributed by atoms with E-state index < -0.39 is 18.5 Å². The van der Waals surface area contributed by atoms with Crippen molar-refractivity contribution in [2.24, 2.45) is 0 Å². The molecule has 7 heteroatoms. The van der Waals surface area contributed by atoms with E-state index in [0.717, 1.165) is 5.69 Å². The molecule has 0 atom stereocenters. The van der Waals surface area contributed by atoms with Crippen molar-refractivity contribution in [1.82, 2.24) is 15.7 Å². The Morgan fingerprint density at radius 2 is 2.43 bits per heavy atom. The van der Waals surface area contributed by atoms with Gasteiger partial charge in [0, 0.05) is 5.69 Å². The number of carboxylic acids is 1. The second kappa shape index (κ2) is 4.38. The van der Waals surface area contributed by atoms with Crippen LogP contribution in [0.1, 0.15) is 16.2 Å². The molecule has 0 aliphatic rings. The van der Waals surface area contributed by atoms with Gasteiger partial charge in [-0.05, 0) is 13.0 Å². The number of nitrogens with one attached hydrogen (secondary N) is 2. The summed E-state index contributed by atoms with van der Waals surface area (Å²) in [7, 11) is 0. The summed E-state index contributed by atoms with van der Waals surface area (Å²) in [6, 6.07) is 1.51. The van der Waals surface area contributed by atoms with Crippen LogP contribution in [0.5, 0.6) is 0 Å². The Hall–Kier alpha value is -1.89. The molecule has 1 heterocycles. The highest BCUT2D eigenvalue weighted by Crippen LogP contribution is 1.96. The summed E-state index contributed by atoms with van der Waals surface area (Å²) in [4.78, 5) is 25.5. The van der Waals surface area contributed by atoms with Crippen molar-refractivity contribution in [3.05, 3.63) is 17.5 Å². The van der Waals surface area contributed by atoms with E-state index in [1.54, 1.807) is 6.92 Å². The Labute approximate surface area is 79.0 Å². The number of hydrogen-bond acceptors (Lipinski definition) is 4. The minimum Gasteiger partial charge on any atom is -0.479 e. The molecule has 0 spiro atoms. The lowest BCUT2D eigenvalue weighted by Crippen LogP contribution is -2.26. The molecule has 0 aliphatic carbocycles. The summed E-state index contributed by atoms with van der Waals surface area (Å²) >= 11 is 0. The number of carbonyl (C=O) groups is 2. The van der Waals surface area contributed by atoms with Crippen molar-refractivity contribution >= 4 is 11.9 Å². The van der Waals surface area contributed by atoms with Crippen molar-refractivity contribution in [3.8, 4) is 0 Å². The van der Waals surface area contributed by atoms with Gasteiger partial charge < -0.3 is 5.11 Å². The molecule has 1 amide bonds. The molecule has 3 N–H and O–H groups in total. The Morgan fingerprint density at radius 3 is 2.93 bits per heavy atom. The van der Waals surface area contributed by atoms with Crippen LogP contribution in [0.15, 0.2) is 6.07 Å². The number of aromatic nitrogens is 2. The SMILES string of the molecule is Cc1cc(C(=O)NOCC(=O)O)n[nH]1. The van der Waals surface area contributed by atoms with E-state index in [0.29, 0.717) is 0 Å². The molecule has 0 aliphatic heterocycles. The molecule has 1 aromatic rings. The zero-order valence-corrected chi connectivity index (χ0v) is 7.40. The zero-order valence-electron chi connectivity index (χ0n) is 7.40. The monoisotopic (exact) mass is 199 g/mol. The minimum absolute atomic E-state index is 0.146. The van der Waals surface area contributed by atoms with E-state index in [9.17, 15) is 9.59 Å². The molecular weight excluding hydrogens is 190 g/mol. The highest BCUT2D eigenvalue weighted by Gasteiger charge is 2.09. The molecule has 1 aromatic heterocycles. The second-order valence-electron chi connectivity index (χ2n) is 2.55. The van der Waals surface area contributed by atoms with Crippen LogP contribution in [0, 0.1) is 6.92 Å². The first-order valence-electron chi connectivity index (χ1n) is 3.75. The molecule has 0 radical (unpaired) electrons. The molecule has 1 rings (SSSR count). The first-order valence-corrected chi connectivity index (χ1v) is 3.75. The van der Waals surface area contributed by atoms with Gasteiger partial charge >= 0.3 is 5.97 Å². The van der Waals surface area contributed by atoms with Crippen molar-refractivity contribution in [3.63, 3.8) is 0 Å². The van der Waals surface area contributed by atoms with E-state index in [-0.39, 0.29) is 5.69 Å². The Bertz CT molecular complexity index is 346. The smallest absolute Gasteiger partial charge is 0.332 e. The van der Waals surface area contributed by atoms with Gasteiger partial charge in [0.2, 0.25) is 0 Å². The van der Waals surface area contributed by atoms with E-state index >= 15 is 0 Å². The third-order valence-electron chi connectivity index (χ3n) is 1.30. The molecule has 0 fully saturated rings. The van der Waals surface area contributed by atoms with E-state index in [4.69, 9.17) is 5.11 Å². The molecule has 0 bridgehead atoms. The summed E-state index contributed by atoms with van der Waals surface area (Å²) in [5.74, 6) is -1.75. The lowest BCUT2D eigenvalue weighted by molar-refractivity contribution is -0.144. The number of aliphatic carboxylic acids is 1. The maximum absolute atomic E-state index is 11.1. The number of nitrogens with zero attached hydrogens (tertiary/aromatic N) is 1. The number of aromatic amines is 1. The average Bonchev–Trinajstić information content (AvgIpc) is 2.51. The number of amides is 1. The number of carbonyl (C=O) groups excluding carboxylic acids is 1. The predicted molar refractivity (Wildman–Crippen MR) is 44.4 cm³/mol. The fourth-order valence-corrected chi connectivity index (χ4v) is 0.750. The van der Waals surface area contributed by atoms with Crippen molar-refractivity contribution < 1.29 is 19.5 Å². The number of hydrogen-bond donors (Lipinski definition) is 3. The summed E-state index contributed by atoms with van der Waals surface area (Å²) in [6.45, 7) is 1.15. The zero-order chi connectivity index (χ0) is 10.6. The fraction of sp³-hybridized carbons (Fsp3) is 0.286. The third-order valence-corrected chi connectivity index (χ3v) is 1.30. The Balaban J connectivity index is 2.39. The van der Waals surface area contributed by atoms with Gasteiger partial charge in [0.05, 0.1) is 0 Å². The minimum atomic E-state index is -1.16. The quantitative estimate of drug-likeness (QED) is 0.565. The molecule has 0 saturated heterocycles. The number of carboxylic acid groups (broad SMARTS) is 1. The topological polar surface area (TPSA) is 104 Å². The summed E-state index contributed by atoms with van der Waals surface area (Å²) in [5, 5.41) is 14.4. The van der Waals surface area contributed by atoms with Crippen molar-refractivity contribution in [1.29, 1.82) is 0 Å². The van der Waals surface area contributed by atoms with Gasteiger partial charge in [0.15, 0.2) is 12.3 Å². The first kappa shape index (κ1) is 10.2. The van der Waals surface area contributed by atoms with E-state index in [1.165, 1.54) is 6.07 Å². The van der Waals surface area contributed by atoms with Crippen molar-refractivity contribution in [2.75, 3.05) is 6.61 Å². The van der Waals surface area contributed by atoms with Crippen LogP contribution in [-0.2, 0) is 9.63 Å². The molecule has 76 valence electrons. The molecule has 7 nitrogen and oxygen atoms in total. The van der Waals surface area contributed by atoms with Gasteiger partial charge in [0.25, 0.3) is 5.91 Å². The fourth-order valence-electron chi connectivity index (χ4n) is 0.750. The van der Waals surface area contributed by atoms with Gasteiger partial charge in [-0.3, -0.25) is 14.7 Å². The normalized spacial score (nSPS) is 9.79. The Morgan fingerprint density at radius 1 is 1.71 bits per heavy atom. The second-order valence-corrected chi connectivity index (χ2v) is 2.55. The maximum atomic E-state index is 11.1. The largest absolute Gasteiger partial charge is 0.479 e. The maximum Gasteiger partial charge on any atom is 0.332 e. The molecule has 0 aromatic carbocycles. The molecular formula is C7H9N3O4. The number of hydroxylamine groups is 1. The van der Waals surface area contributed by atoms with Crippen LogP contribution in [0.4, 0.5) is 0 Å². The lowest BCUT2D eigenvalue weighted by Gasteiger charge is -1.99. The van der Waals surface area contributed by atoms with Crippen LogP contribution in [-0.4, -0.2) is 33.8 Å². The van der Waals surface area contributed by atoms with Gasteiger partial charge in [-0.1, -0.05) is 0 Å². The molecule has 0 saturated carbocycles. The van der Waals surface area contributed by atoms with Crippen LogP contribution in [0.25, 0.3) is 0 Å². The summed E-state index contributed by atoms with van der Waals surface area (Å²) < 4.78 is 0. The van der Waals surface area contributed by atoms with Gasteiger partial charge in [0.1, 0.15) is 0 Å². The van der Waals surface area contributed by atoms with Crippen molar-refractivity contribution in [2.45, 2.75) is 6.92 Å². The highest BCUT2D eigenvalue weighted by atomic mass is 16.7. The number of rotatable bonds is 4. The van der Waals surface area contributed by atoms with Crippen LogP contribution < -0.4 is 5.48 Å². The predicted octanol–water partition coefficient (Wildman–Crippen LogP) is -0.536. The highest BCUT2D eigenvalue weighted by molar-refractivity contribution is 5.91. The molecule has 14 heavy (non-hydrogen) atoms. The van der Waals surface area contributed by atoms with Gasteiger partial charge in [-0.25, -0.2) is 10.3 Å². The van der Waals surface area contributed by atoms with E-state index in [2.05, 4.69) is 15.0 Å². The number of aryl methyl sites for hydroxylation is 1. The third kappa shape index (κ3) is 2.87.